The Kier molecular flexibility index (Phi) is 7.03. The van der Waals surface area contributed by atoms with Gasteiger partial charge in [0.05, 0.1) is 5.52 Å². The maximum atomic E-state index is 14.3. The first kappa shape index (κ1) is 27.0. The first-order valence-electron chi connectivity index (χ1n) is 13.9. The molecule has 2 aliphatic rings. The molecule has 0 unspecified atom stereocenters. The average Bonchev–Trinajstić information content (AvgIpc) is 3.28. The number of fused-ring (bicyclic) bond motifs is 1. The number of halogens is 1. The number of aromatic nitrogens is 1. The van der Waals surface area contributed by atoms with Gasteiger partial charge in [0.15, 0.2) is 5.41 Å². The van der Waals surface area contributed by atoms with Crippen LogP contribution in [0.1, 0.15) is 59.9 Å². The number of benzene rings is 3. The van der Waals surface area contributed by atoms with Crippen molar-refractivity contribution in [2.75, 3.05) is 13.2 Å². The van der Waals surface area contributed by atoms with Gasteiger partial charge in [-0.15, -0.1) is 0 Å². The van der Waals surface area contributed by atoms with E-state index in [4.69, 9.17) is 9.47 Å². The summed E-state index contributed by atoms with van der Waals surface area (Å²) in [6.45, 7) is 3.31. The van der Waals surface area contributed by atoms with Crippen LogP contribution in [0.15, 0.2) is 66.7 Å². The van der Waals surface area contributed by atoms with E-state index in [1.807, 2.05) is 54.6 Å². The summed E-state index contributed by atoms with van der Waals surface area (Å²) in [6.07, 6.45) is 1.56. The van der Waals surface area contributed by atoms with Gasteiger partial charge in [-0.25, -0.2) is 4.39 Å². The van der Waals surface area contributed by atoms with Crippen molar-refractivity contribution >= 4 is 22.8 Å². The Morgan fingerprint density at radius 3 is 2.34 bits per heavy atom. The SMILES string of the molecule is Cc1cc(-n2c(C3CCOCC3)c(C3CC(C(=O)O)(C(=O)O)C3)c3cc(OCc4ccccc4)ccc32)ccc1F. The average molecular weight is 558 g/mol. The van der Waals surface area contributed by atoms with Gasteiger partial charge in [-0.1, -0.05) is 30.3 Å². The minimum atomic E-state index is -1.81. The van der Waals surface area contributed by atoms with Crippen molar-refractivity contribution in [1.29, 1.82) is 0 Å². The third-order valence-electron chi connectivity index (χ3n) is 8.69. The molecule has 6 rings (SSSR count). The lowest BCUT2D eigenvalue weighted by molar-refractivity contribution is -0.172. The Balaban J connectivity index is 1.53. The highest BCUT2D eigenvalue weighted by Crippen LogP contribution is 2.56. The van der Waals surface area contributed by atoms with Gasteiger partial charge in [0.2, 0.25) is 0 Å². The fourth-order valence-electron chi connectivity index (χ4n) is 6.42. The molecule has 2 fully saturated rings. The zero-order valence-corrected chi connectivity index (χ0v) is 22.8. The zero-order chi connectivity index (χ0) is 28.7. The first-order chi connectivity index (χ1) is 19.8. The molecule has 0 spiro atoms. The molecule has 1 aromatic heterocycles. The van der Waals surface area contributed by atoms with Crippen molar-refractivity contribution in [3.05, 3.63) is 94.9 Å². The number of aryl methyl sites for hydroxylation is 1. The summed E-state index contributed by atoms with van der Waals surface area (Å²) in [5.41, 5.74) is 3.41. The van der Waals surface area contributed by atoms with E-state index in [0.29, 0.717) is 31.1 Å². The Morgan fingerprint density at radius 1 is 0.976 bits per heavy atom. The van der Waals surface area contributed by atoms with E-state index in [1.165, 1.54) is 6.07 Å². The quantitative estimate of drug-likeness (QED) is 0.238. The van der Waals surface area contributed by atoms with Gasteiger partial charge in [-0.3, -0.25) is 9.59 Å². The van der Waals surface area contributed by atoms with Crippen LogP contribution in [0.25, 0.3) is 16.6 Å². The maximum absolute atomic E-state index is 14.3. The third-order valence-corrected chi connectivity index (χ3v) is 8.69. The molecule has 8 heteroatoms. The summed E-state index contributed by atoms with van der Waals surface area (Å²) >= 11 is 0. The number of hydrogen-bond donors (Lipinski definition) is 2. The van der Waals surface area contributed by atoms with Crippen LogP contribution in [0.5, 0.6) is 5.75 Å². The summed E-state index contributed by atoms with van der Waals surface area (Å²) in [6, 6.07) is 20.8. The van der Waals surface area contributed by atoms with Crippen LogP contribution in [-0.2, 0) is 20.9 Å². The second-order valence-electron chi connectivity index (χ2n) is 11.2. The lowest BCUT2D eigenvalue weighted by atomic mass is 9.59. The summed E-state index contributed by atoms with van der Waals surface area (Å²) in [7, 11) is 0. The molecule has 1 saturated carbocycles. The van der Waals surface area contributed by atoms with Crippen molar-refractivity contribution in [2.24, 2.45) is 5.41 Å². The third kappa shape index (κ3) is 4.76. The van der Waals surface area contributed by atoms with Crippen LogP contribution in [-0.4, -0.2) is 39.9 Å². The Labute approximate surface area is 237 Å². The molecule has 0 atom stereocenters. The van der Waals surface area contributed by atoms with E-state index in [0.717, 1.165) is 46.3 Å². The molecule has 0 amide bonds. The monoisotopic (exact) mass is 557 g/mol. The molecule has 7 nitrogen and oxygen atoms in total. The van der Waals surface area contributed by atoms with Gasteiger partial charge in [-0.2, -0.15) is 0 Å². The smallest absolute Gasteiger partial charge is 0.321 e. The molecule has 41 heavy (non-hydrogen) atoms. The first-order valence-corrected chi connectivity index (χ1v) is 13.9. The highest BCUT2D eigenvalue weighted by atomic mass is 19.1. The second kappa shape index (κ2) is 10.7. The van der Waals surface area contributed by atoms with E-state index < -0.39 is 17.4 Å². The van der Waals surface area contributed by atoms with Crippen molar-refractivity contribution in [3.8, 4) is 11.4 Å². The largest absolute Gasteiger partial charge is 0.489 e. The normalized spacial score (nSPS) is 17.3. The summed E-state index contributed by atoms with van der Waals surface area (Å²) in [5.74, 6) is -2.40. The lowest BCUT2D eigenvalue weighted by Gasteiger charge is -2.42. The number of hydrogen-bond acceptors (Lipinski definition) is 4. The molecular formula is C33H32FNO6. The molecule has 2 heterocycles. The summed E-state index contributed by atoms with van der Waals surface area (Å²) in [4.78, 5) is 24.2. The standard InChI is InChI=1S/C33H32FNO6/c1-20-15-24(7-9-27(20)34)35-28-10-8-25(41-19-21-5-3-2-4-6-21)16-26(28)29(30(35)22-11-13-40-14-12-22)23-17-33(18-23,31(36)37)32(38)39/h2-10,15-16,22-23H,11-14,17-19H2,1H3,(H,36,37)(H,38,39). The van der Waals surface area contributed by atoms with Gasteiger partial charge in [0, 0.05) is 35.9 Å². The number of rotatable bonds is 8. The Bertz CT molecular complexity index is 1600. The van der Waals surface area contributed by atoms with E-state index in [2.05, 4.69) is 4.57 Å². The summed E-state index contributed by atoms with van der Waals surface area (Å²) in [5, 5.41) is 20.6. The van der Waals surface area contributed by atoms with Crippen LogP contribution >= 0.6 is 0 Å². The topological polar surface area (TPSA) is 98.0 Å². The summed E-state index contributed by atoms with van der Waals surface area (Å²) < 4.78 is 28.3. The fourth-order valence-corrected chi connectivity index (χ4v) is 6.42. The second-order valence-corrected chi connectivity index (χ2v) is 11.2. The molecular weight excluding hydrogens is 525 g/mol. The number of aliphatic carboxylic acids is 2. The van der Waals surface area contributed by atoms with Gasteiger partial charge in [0.1, 0.15) is 18.2 Å². The molecule has 0 radical (unpaired) electrons. The van der Waals surface area contributed by atoms with Crippen LogP contribution in [0.3, 0.4) is 0 Å². The van der Waals surface area contributed by atoms with Gasteiger partial charge < -0.3 is 24.3 Å². The minimum absolute atomic E-state index is 0.00451. The van der Waals surface area contributed by atoms with Crippen LogP contribution in [0, 0.1) is 18.2 Å². The van der Waals surface area contributed by atoms with E-state index in [9.17, 15) is 24.2 Å². The number of carbonyl (C=O) groups is 2. The number of carboxylic acid groups (broad SMARTS) is 2. The molecule has 1 aliphatic heterocycles. The van der Waals surface area contributed by atoms with Crippen LogP contribution in [0.2, 0.25) is 0 Å². The Morgan fingerprint density at radius 2 is 1.68 bits per heavy atom. The predicted octanol–water partition coefficient (Wildman–Crippen LogP) is 6.58. The van der Waals surface area contributed by atoms with E-state index in [-0.39, 0.29) is 30.5 Å². The highest BCUT2D eigenvalue weighted by Gasteiger charge is 2.58. The predicted molar refractivity (Wildman–Crippen MR) is 151 cm³/mol. The van der Waals surface area contributed by atoms with E-state index >= 15 is 0 Å². The molecule has 1 aliphatic carbocycles. The highest BCUT2D eigenvalue weighted by molar-refractivity contribution is 6.00. The minimum Gasteiger partial charge on any atom is -0.489 e. The molecule has 0 bridgehead atoms. The Hall–Kier alpha value is -4.17. The van der Waals surface area contributed by atoms with Crippen molar-refractivity contribution < 1.29 is 33.7 Å². The van der Waals surface area contributed by atoms with Gasteiger partial charge >= 0.3 is 11.9 Å². The van der Waals surface area contributed by atoms with Crippen molar-refractivity contribution in [3.63, 3.8) is 0 Å². The van der Waals surface area contributed by atoms with Crippen LogP contribution < -0.4 is 4.74 Å². The lowest BCUT2D eigenvalue weighted by Crippen LogP contribution is -2.49. The number of nitrogens with zero attached hydrogens (tertiary/aromatic N) is 1. The molecule has 1 saturated heterocycles. The molecule has 4 aromatic rings. The zero-order valence-electron chi connectivity index (χ0n) is 22.8. The van der Waals surface area contributed by atoms with E-state index in [1.54, 1.807) is 13.0 Å². The maximum Gasteiger partial charge on any atom is 0.321 e. The molecule has 3 aromatic carbocycles. The molecule has 2 N–H and O–H groups in total. The van der Waals surface area contributed by atoms with Crippen molar-refractivity contribution in [1.82, 2.24) is 4.57 Å². The molecule has 212 valence electrons. The van der Waals surface area contributed by atoms with Gasteiger partial charge in [-0.05, 0) is 91.6 Å². The number of ether oxygens (including phenoxy) is 2. The van der Waals surface area contributed by atoms with Gasteiger partial charge in [0.25, 0.3) is 0 Å². The van der Waals surface area contributed by atoms with Crippen LogP contribution in [0.4, 0.5) is 4.39 Å². The fraction of sp³-hybridized carbons (Fsp3) is 0.333. The van der Waals surface area contributed by atoms with Crippen molar-refractivity contribution in [2.45, 2.75) is 51.0 Å². The number of carboxylic acids is 2.